The molecule has 37 heavy (non-hydrogen) atoms. The fourth-order valence-corrected chi connectivity index (χ4v) is 4.17. The predicted molar refractivity (Wildman–Crippen MR) is 145 cm³/mol. The maximum absolute atomic E-state index is 13.2. The number of rotatable bonds is 2. The number of hydrogen-bond acceptors (Lipinski definition) is 6. The average molecular weight is 525 g/mol. The van der Waals surface area contributed by atoms with Crippen molar-refractivity contribution in [2.24, 2.45) is 0 Å². The molecule has 7 nitrogen and oxygen atoms in total. The third-order valence-electron chi connectivity index (χ3n) is 6.03. The summed E-state index contributed by atoms with van der Waals surface area (Å²) in [5.74, 6) is 1.50. The largest absolute Gasteiger partial charge is 0.508 e. The molecule has 1 heterocycles. The summed E-state index contributed by atoms with van der Waals surface area (Å²) in [4.78, 5) is 15.1. The smallest absolute Gasteiger partial charge is 0.238 e. The first kappa shape index (κ1) is 26.8. The molecular formula is C29H33ClN2O5. The molecule has 0 atom stereocenters. The molecule has 0 aliphatic carbocycles. The number of benzene rings is 3. The molecule has 196 valence electrons. The van der Waals surface area contributed by atoms with Gasteiger partial charge in [0, 0.05) is 23.7 Å². The molecule has 0 saturated carbocycles. The minimum absolute atomic E-state index is 0.0689. The SMILES string of the molecule is CC(C)(C)c1ccc(O)c(CN2CCOCCOc3ccccc3Oc3ccc(Cl)cc3NC(=O)C2)c1. The Hall–Kier alpha value is -3.26. The molecule has 1 aliphatic rings. The Bertz CT molecular complexity index is 1240. The van der Waals surface area contributed by atoms with Gasteiger partial charge in [-0.05, 0) is 47.4 Å². The molecule has 0 saturated heterocycles. The number of phenols is 1. The van der Waals surface area contributed by atoms with E-state index in [4.69, 9.17) is 25.8 Å². The number of fused-ring (bicyclic) bond motifs is 2. The lowest BCUT2D eigenvalue weighted by Gasteiger charge is -2.25. The average Bonchev–Trinajstić information content (AvgIpc) is 2.84. The van der Waals surface area contributed by atoms with Crippen LogP contribution in [0, 0.1) is 0 Å². The van der Waals surface area contributed by atoms with E-state index >= 15 is 0 Å². The summed E-state index contributed by atoms with van der Waals surface area (Å²) in [6.45, 7) is 8.46. The second-order valence-corrected chi connectivity index (χ2v) is 10.4. The predicted octanol–water partition coefficient (Wildman–Crippen LogP) is 5.99. The van der Waals surface area contributed by atoms with Gasteiger partial charge in [0.15, 0.2) is 17.2 Å². The van der Waals surface area contributed by atoms with Gasteiger partial charge < -0.3 is 24.6 Å². The molecule has 1 amide bonds. The van der Waals surface area contributed by atoms with E-state index in [2.05, 4.69) is 26.1 Å². The lowest BCUT2D eigenvalue weighted by Crippen LogP contribution is -2.35. The lowest BCUT2D eigenvalue weighted by atomic mass is 9.86. The zero-order chi connectivity index (χ0) is 26.4. The zero-order valence-electron chi connectivity index (χ0n) is 21.4. The van der Waals surface area contributed by atoms with Gasteiger partial charge in [-0.1, -0.05) is 56.6 Å². The molecule has 3 aromatic rings. The van der Waals surface area contributed by atoms with Crippen molar-refractivity contribution in [3.05, 3.63) is 76.8 Å². The standard InChI is InChI=1S/C29H33ClN2O5/c1-29(2,3)21-8-10-24(33)20(16-21)18-32-12-13-35-14-15-36-26-6-4-5-7-27(26)37-25-11-9-22(30)17-23(25)31-28(34)19-32/h4-11,16-17,33H,12-15,18-19H2,1-3H3,(H,31,34). The first-order chi connectivity index (χ1) is 17.7. The van der Waals surface area contributed by atoms with Crippen LogP contribution < -0.4 is 14.8 Å². The van der Waals surface area contributed by atoms with Gasteiger partial charge in [0.05, 0.1) is 25.4 Å². The summed E-state index contributed by atoms with van der Waals surface area (Å²) in [5.41, 5.74) is 2.25. The van der Waals surface area contributed by atoms with Crippen LogP contribution in [0.2, 0.25) is 5.02 Å². The molecule has 0 aromatic heterocycles. The minimum Gasteiger partial charge on any atom is -0.508 e. The number of ether oxygens (including phenoxy) is 3. The van der Waals surface area contributed by atoms with E-state index < -0.39 is 0 Å². The van der Waals surface area contributed by atoms with Gasteiger partial charge in [0.2, 0.25) is 5.91 Å². The van der Waals surface area contributed by atoms with Gasteiger partial charge in [-0.3, -0.25) is 9.69 Å². The Kier molecular flexibility index (Phi) is 8.59. The topological polar surface area (TPSA) is 80.3 Å². The van der Waals surface area contributed by atoms with Crippen molar-refractivity contribution in [3.8, 4) is 23.0 Å². The molecule has 1 aliphatic heterocycles. The first-order valence-electron chi connectivity index (χ1n) is 12.3. The van der Waals surface area contributed by atoms with Gasteiger partial charge >= 0.3 is 0 Å². The quantitative estimate of drug-likeness (QED) is 0.429. The van der Waals surface area contributed by atoms with E-state index in [0.717, 1.165) is 11.1 Å². The number of amides is 1. The Labute approximate surface area is 222 Å². The van der Waals surface area contributed by atoms with E-state index in [9.17, 15) is 9.90 Å². The van der Waals surface area contributed by atoms with Gasteiger partial charge in [-0.15, -0.1) is 0 Å². The maximum Gasteiger partial charge on any atom is 0.238 e. The highest BCUT2D eigenvalue weighted by Crippen LogP contribution is 2.36. The number of phenolic OH excluding ortho intramolecular Hbond substituents is 1. The number of para-hydroxylation sites is 2. The van der Waals surface area contributed by atoms with Crippen molar-refractivity contribution in [1.82, 2.24) is 4.90 Å². The minimum atomic E-state index is -0.238. The number of carbonyl (C=O) groups is 1. The lowest BCUT2D eigenvalue weighted by molar-refractivity contribution is -0.117. The molecule has 2 N–H and O–H groups in total. The number of anilines is 1. The molecular weight excluding hydrogens is 492 g/mol. The summed E-state index contributed by atoms with van der Waals surface area (Å²) in [6.07, 6.45) is 0. The van der Waals surface area contributed by atoms with Crippen molar-refractivity contribution in [1.29, 1.82) is 0 Å². The van der Waals surface area contributed by atoms with Crippen LogP contribution in [-0.2, 0) is 21.5 Å². The van der Waals surface area contributed by atoms with Crippen LogP contribution in [0.1, 0.15) is 31.9 Å². The summed E-state index contributed by atoms with van der Waals surface area (Å²) in [5, 5.41) is 14.0. The third-order valence-corrected chi connectivity index (χ3v) is 6.26. The van der Waals surface area contributed by atoms with Gasteiger partial charge in [-0.25, -0.2) is 0 Å². The highest BCUT2D eigenvalue weighted by Gasteiger charge is 2.20. The molecule has 8 heteroatoms. The third kappa shape index (κ3) is 7.38. The fourth-order valence-electron chi connectivity index (χ4n) is 3.99. The Morgan fingerprint density at radius 1 is 0.973 bits per heavy atom. The molecule has 0 unspecified atom stereocenters. The van der Waals surface area contributed by atoms with Crippen molar-refractivity contribution in [2.45, 2.75) is 32.7 Å². The van der Waals surface area contributed by atoms with Gasteiger partial charge in [0.1, 0.15) is 12.4 Å². The van der Waals surface area contributed by atoms with Crippen molar-refractivity contribution < 1.29 is 24.1 Å². The van der Waals surface area contributed by atoms with E-state index in [-0.39, 0.29) is 23.6 Å². The number of carbonyl (C=O) groups excluding carboxylic acids is 1. The summed E-state index contributed by atoms with van der Waals surface area (Å²) in [6, 6.07) is 18.0. The fraction of sp³-hybridized carbons (Fsp3) is 0.345. The van der Waals surface area contributed by atoms with Crippen LogP contribution in [0.4, 0.5) is 5.69 Å². The van der Waals surface area contributed by atoms with Crippen molar-refractivity contribution in [2.75, 3.05) is 38.2 Å². The van der Waals surface area contributed by atoms with E-state index in [1.54, 1.807) is 30.3 Å². The highest BCUT2D eigenvalue weighted by atomic mass is 35.5. The van der Waals surface area contributed by atoms with Crippen LogP contribution >= 0.6 is 11.6 Å². The molecule has 0 bridgehead atoms. The summed E-state index contributed by atoms with van der Waals surface area (Å²) in [7, 11) is 0. The van der Waals surface area contributed by atoms with Crippen LogP contribution in [0.5, 0.6) is 23.0 Å². The van der Waals surface area contributed by atoms with Gasteiger partial charge in [0.25, 0.3) is 0 Å². The van der Waals surface area contributed by atoms with Crippen LogP contribution in [-0.4, -0.2) is 48.8 Å². The molecule has 3 aromatic carbocycles. The number of aromatic hydroxyl groups is 1. The van der Waals surface area contributed by atoms with Crippen molar-refractivity contribution >= 4 is 23.2 Å². The Balaban J connectivity index is 1.59. The molecule has 0 radical (unpaired) electrons. The second-order valence-electron chi connectivity index (χ2n) is 10.0. The van der Waals surface area contributed by atoms with Crippen LogP contribution in [0.25, 0.3) is 0 Å². The van der Waals surface area contributed by atoms with E-state index in [0.29, 0.717) is 60.9 Å². The zero-order valence-corrected chi connectivity index (χ0v) is 22.2. The maximum atomic E-state index is 13.2. The van der Waals surface area contributed by atoms with E-state index in [1.807, 2.05) is 35.2 Å². The monoisotopic (exact) mass is 524 g/mol. The highest BCUT2D eigenvalue weighted by molar-refractivity contribution is 6.31. The normalized spacial score (nSPS) is 15.7. The Morgan fingerprint density at radius 3 is 2.54 bits per heavy atom. The first-order valence-corrected chi connectivity index (χ1v) is 12.7. The summed E-state index contributed by atoms with van der Waals surface area (Å²) >= 11 is 6.24. The van der Waals surface area contributed by atoms with Gasteiger partial charge in [-0.2, -0.15) is 0 Å². The second kappa shape index (κ2) is 11.9. The number of nitrogens with one attached hydrogen (secondary N) is 1. The molecule has 0 spiro atoms. The number of halogens is 1. The van der Waals surface area contributed by atoms with Crippen molar-refractivity contribution in [3.63, 3.8) is 0 Å². The van der Waals surface area contributed by atoms with Crippen LogP contribution in [0.15, 0.2) is 60.7 Å². The number of hydrogen-bond donors (Lipinski definition) is 2. The van der Waals surface area contributed by atoms with Crippen LogP contribution in [0.3, 0.4) is 0 Å². The molecule has 0 fully saturated rings. The van der Waals surface area contributed by atoms with E-state index in [1.165, 1.54) is 0 Å². The number of nitrogens with zero attached hydrogens (tertiary/aromatic N) is 1. The molecule has 4 rings (SSSR count). The summed E-state index contributed by atoms with van der Waals surface area (Å²) < 4.78 is 17.8. The Morgan fingerprint density at radius 2 is 1.76 bits per heavy atom.